The Labute approximate surface area is 125 Å². The van der Waals surface area contributed by atoms with Gasteiger partial charge in [0.1, 0.15) is 11.8 Å². The molecule has 0 unspecified atom stereocenters. The molecule has 1 aromatic rings. The second kappa shape index (κ2) is 8.95. The number of carbonyl (C=O) groups is 1. The number of hydrogen-bond donors (Lipinski definition) is 1. The SMILES string of the molecule is COCCNC(=O)CN(C)Cc1ccc(C#N)c(OC)c1. The van der Waals surface area contributed by atoms with Crippen molar-refractivity contribution in [3.8, 4) is 11.8 Å². The molecule has 0 heterocycles. The third-order valence-electron chi connectivity index (χ3n) is 2.88. The van der Waals surface area contributed by atoms with Crippen LogP contribution < -0.4 is 10.1 Å². The van der Waals surface area contributed by atoms with Gasteiger partial charge < -0.3 is 14.8 Å². The van der Waals surface area contributed by atoms with E-state index in [1.165, 1.54) is 7.11 Å². The molecule has 0 spiro atoms. The van der Waals surface area contributed by atoms with Gasteiger partial charge in [0.05, 0.1) is 25.8 Å². The van der Waals surface area contributed by atoms with Crippen LogP contribution in [-0.4, -0.2) is 51.8 Å². The summed E-state index contributed by atoms with van der Waals surface area (Å²) >= 11 is 0. The minimum absolute atomic E-state index is 0.0461. The molecule has 1 amide bonds. The maximum atomic E-state index is 11.7. The normalized spacial score (nSPS) is 10.2. The highest BCUT2D eigenvalue weighted by Gasteiger charge is 2.09. The number of carbonyl (C=O) groups excluding carboxylic acids is 1. The van der Waals surface area contributed by atoms with E-state index in [0.29, 0.717) is 37.6 Å². The zero-order valence-electron chi connectivity index (χ0n) is 12.7. The monoisotopic (exact) mass is 291 g/mol. The van der Waals surface area contributed by atoms with Gasteiger partial charge in [-0.15, -0.1) is 0 Å². The van der Waals surface area contributed by atoms with Gasteiger partial charge in [0, 0.05) is 20.2 Å². The first kappa shape index (κ1) is 17.0. The smallest absolute Gasteiger partial charge is 0.234 e. The van der Waals surface area contributed by atoms with E-state index in [-0.39, 0.29) is 5.91 Å². The maximum Gasteiger partial charge on any atom is 0.234 e. The number of hydrogen-bond acceptors (Lipinski definition) is 5. The Hall–Kier alpha value is -2.10. The molecule has 6 nitrogen and oxygen atoms in total. The van der Waals surface area contributed by atoms with E-state index in [0.717, 1.165) is 5.56 Å². The Morgan fingerprint density at radius 1 is 1.43 bits per heavy atom. The number of likely N-dealkylation sites (N-methyl/N-ethyl adjacent to an activating group) is 1. The summed E-state index contributed by atoms with van der Waals surface area (Å²) in [5.41, 5.74) is 1.49. The summed E-state index contributed by atoms with van der Waals surface area (Å²) in [5, 5.41) is 11.7. The topological polar surface area (TPSA) is 74.6 Å². The summed E-state index contributed by atoms with van der Waals surface area (Å²) in [4.78, 5) is 13.6. The Morgan fingerprint density at radius 2 is 2.19 bits per heavy atom. The van der Waals surface area contributed by atoms with Gasteiger partial charge in [-0.25, -0.2) is 0 Å². The first-order valence-electron chi connectivity index (χ1n) is 6.62. The summed E-state index contributed by atoms with van der Waals surface area (Å²) in [5.74, 6) is 0.503. The predicted octanol–water partition coefficient (Wildman–Crippen LogP) is 0.761. The van der Waals surface area contributed by atoms with E-state index < -0.39 is 0 Å². The van der Waals surface area contributed by atoms with Crippen molar-refractivity contribution >= 4 is 5.91 Å². The van der Waals surface area contributed by atoms with Crippen molar-refractivity contribution in [1.82, 2.24) is 10.2 Å². The van der Waals surface area contributed by atoms with Gasteiger partial charge in [0.2, 0.25) is 5.91 Å². The lowest BCUT2D eigenvalue weighted by Gasteiger charge is -2.17. The highest BCUT2D eigenvalue weighted by molar-refractivity contribution is 5.77. The van der Waals surface area contributed by atoms with Gasteiger partial charge in [-0.1, -0.05) is 6.07 Å². The molecule has 0 aromatic heterocycles. The van der Waals surface area contributed by atoms with Crippen molar-refractivity contribution in [2.45, 2.75) is 6.54 Å². The molecule has 0 atom stereocenters. The lowest BCUT2D eigenvalue weighted by Crippen LogP contribution is -2.36. The van der Waals surface area contributed by atoms with Crippen molar-refractivity contribution in [2.75, 3.05) is 41.0 Å². The van der Waals surface area contributed by atoms with Crippen LogP contribution in [0.15, 0.2) is 18.2 Å². The van der Waals surface area contributed by atoms with Crippen LogP contribution >= 0.6 is 0 Å². The van der Waals surface area contributed by atoms with E-state index in [9.17, 15) is 4.79 Å². The third-order valence-corrected chi connectivity index (χ3v) is 2.88. The van der Waals surface area contributed by atoms with Crippen LogP contribution in [0.4, 0.5) is 0 Å². The molecule has 0 aliphatic carbocycles. The van der Waals surface area contributed by atoms with E-state index in [4.69, 9.17) is 14.7 Å². The van der Waals surface area contributed by atoms with Crippen molar-refractivity contribution < 1.29 is 14.3 Å². The molecule has 1 N–H and O–H groups in total. The molecule has 0 aliphatic heterocycles. The van der Waals surface area contributed by atoms with Crippen LogP contribution in [-0.2, 0) is 16.1 Å². The van der Waals surface area contributed by atoms with Gasteiger partial charge in [-0.05, 0) is 24.7 Å². The highest BCUT2D eigenvalue weighted by atomic mass is 16.5. The van der Waals surface area contributed by atoms with Crippen LogP contribution in [0.3, 0.4) is 0 Å². The Bertz CT molecular complexity index is 511. The number of nitrogens with one attached hydrogen (secondary N) is 1. The third kappa shape index (κ3) is 5.81. The summed E-state index contributed by atoms with van der Waals surface area (Å²) < 4.78 is 10.0. The molecule has 6 heteroatoms. The van der Waals surface area contributed by atoms with Crippen molar-refractivity contribution in [2.24, 2.45) is 0 Å². The number of nitrogens with zero attached hydrogens (tertiary/aromatic N) is 2. The van der Waals surface area contributed by atoms with Crippen molar-refractivity contribution in [3.05, 3.63) is 29.3 Å². The van der Waals surface area contributed by atoms with Crippen molar-refractivity contribution in [3.63, 3.8) is 0 Å². The number of ether oxygens (including phenoxy) is 2. The van der Waals surface area contributed by atoms with Crippen molar-refractivity contribution in [1.29, 1.82) is 5.26 Å². The van der Waals surface area contributed by atoms with Gasteiger partial charge >= 0.3 is 0 Å². The van der Waals surface area contributed by atoms with Gasteiger partial charge in [0.25, 0.3) is 0 Å². The molecule has 0 saturated carbocycles. The fraction of sp³-hybridized carbons (Fsp3) is 0.467. The predicted molar refractivity (Wildman–Crippen MR) is 78.9 cm³/mol. The second-order valence-electron chi connectivity index (χ2n) is 4.66. The number of methoxy groups -OCH3 is 2. The average Bonchev–Trinajstić information content (AvgIpc) is 2.47. The van der Waals surface area contributed by atoms with Crippen LogP contribution in [0.2, 0.25) is 0 Å². The van der Waals surface area contributed by atoms with Gasteiger partial charge in [-0.2, -0.15) is 5.26 Å². The van der Waals surface area contributed by atoms with Crippen LogP contribution in [0.25, 0.3) is 0 Å². The largest absolute Gasteiger partial charge is 0.495 e. The molecule has 114 valence electrons. The number of amides is 1. The van der Waals surface area contributed by atoms with E-state index in [1.54, 1.807) is 13.2 Å². The van der Waals surface area contributed by atoms with E-state index in [2.05, 4.69) is 11.4 Å². The molecule has 21 heavy (non-hydrogen) atoms. The van der Waals surface area contributed by atoms with Crippen LogP contribution in [0.5, 0.6) is 5.75 Å². The molecule has 0 saturated heterocycles. The number of nitriles is 1. The molecule has 0 fully saturated rings. The minimum atomic E-state index is -0.0461. The molecule has 1 aromatic carbocycles. The fourth-order valence-electron chi connectivity index (χ4n) is 1.89. The Kier molecular flexibility index (Phi) is 7.23. The average molecular weight is 291 g/mol. The lowest BCUT2D eigenvalue weighted by molar-refractivity contribution is -0.122. The maximum absolute atomic E-state index is 11.7. The molecular weight excluding hydrogens is 270 g/mol. The molecule has 0 radical (unpaired) electrons. The molecule has 0 bridgehead atoms. The van der Waals surface area contributed by atoms with Gasteiger partial charge in [0.15, 0.2) is 0 Å². The standard InChI is InChI=1S/C15H21N3O3/c1-18(11-15(19)17-6-7-20-2)10-12-4-5-13(9-16)14(8-12)21-3/h4-5,8H,6-7,10-11H2,1-3H3,(H,17,19). The molecular formula is C15H21N3O3. The van der Waals surface area contributed by atoms with Crippen LogP contribution in [0, 0.1) is 11.3 Å². The highest BCUT2D eigenvalue weighted by Crippen LogP contribution is 2.19. The Balaban J connectivity index is 2.53. The zero-order chi connectivity index (χ0) is 15.7. The van der Waals surface area contributed by atoms with E-state index in [1.807, 2.05) is 24.1 Å². The quantitative estimate of drug-likeness (QED) is 0.716. The fourth-order valence-corrected chi connectivity index (χ4v) is 1.89. The Morgan fingerprint density at radius 3 is 2.81 bits per heavy atom. The van der Waals surface area contributed by atoms with E-state index >= 15 is 0 Å². The van der Waals surface area contributed by atoms with Gasteiger partial charge in [-0.3, -0.25) is 9.69 Å². The second-order valence-corrected chi connectivity index (χ2v) is 4.66. The number of benzene rings is 1. The summed E-state index contributed by atoms with van der Waals surface area (Å²) in [7, 11) is 4.99. The minimum Gasteiger partial charge on any atom is -0.495 e. The molecule has 0 aliphatic rings. The summed E-state index contributed by atoms with van der Waals surface area (Å²) in [6.45, 7) is 1.90. The summed E-state index contributed by atoms with van der Waals surface area (Å²) in [6.07, 6.45) is 0. The lowest BCUT2D eigenvalue weighted by atomic mass is 10.1. The number of rotatable bonds is 8. The molecule has 1 rings (SSSR count). The first-order valence-corrected chi connectivity index (χ1v) is 6.62. The van der Waals surface area contributed by atoms with Crippen LogP contribution in [0.1, 0.15) is 11.1 Å². The summed E-state index contributed by atoms with van der Waals surface area (Å²) in [6, 6.07) is 7.48. The zero-order valence-corrected chi connectivity index (χ0v) is 12.7. The first-order chi connectivity index (χ1) is 10.1.